The number of piperidine rings is 1. The third kappa shape index (κ3) is 2.08. The number of hydrogen-bond donors (Lipinski definition) is 0. The first-order valence-electron chi connectivity index (χ1n) is 6.59. The summed E-state index contributed by atoms with van der Waals surface area (Å²) in [5, 5.41) is 0.0198. The maximum absolute atomic E-state index is 13.7. The lowest BCUT2D eigenvalue weighted by Crippen LogP contribution is -2.47. The van der Waals surface area contributed by atoms with E-state index < -0.39 is 28.9 Å². The second-order valence-corrected chi connectivity index (χ2v) is 6.01. The molecule has 108 valence electrons. The molecular formula is C14H13ClF3NO. The van der Waals surface area contributed by atoms with E-state index in [9.17, 15) is 18.0 Å². The molecule has 2 nitrogen and oxygen atoms in total. The van der Waals surface area contributed by atoms with E-state index in [1.165, 1.54) is 0 Å². The summed E-state index contributed by atoms with van der Waals surface area (Å²) < 4.78 is 39.9. The molecule has 2 saturated heterocycles. The van der Waals surface area contributed by atoms with E-state index in [0.717, 1.165) is 25.0 Å². The lowest BCUT2D eigenvalue weighted by atomic mass is 10.0. The zero-order valence-corrected chi connectivity index (χ0v) is 11.3. The molecule has 2 fully saturated rings. The first-order chi connectivity index (χ1) is 9.49. The Labute approximate surface area is 119 Å². The van der Waals surface area contributed by atoms with Gasteiger partial charge in [-0.2, -0.15) is 0 Å². The van der Waals surface area contributed by atoms with E-state index in [4.69, 9.17) is 11.6 Å². The number of fused-ring (bicyclic) bond motifs is 2. The molecule has 2 aliphatic heterocycles. The Kier molecular flexibility index (Phi) is 3.40. The van der Waals surface area contributed by atoms with E-state index in [1.54, 1.807) is 4.90 Å². The first kappa shape index (κ1) is 13.7. The fourth-order valence-corrected chi connectivity index (χ4v) is 3.68. The van der Waals surface area contributed by atoms with Crippen molar-refractivity contribution in [2.24, 2.45) is 0 Å². The molecule has 1 amide bonds. The number of benzene rings is 1. The summed E-state index contributed by atoms with van der Waals surface area (Å²) in [6, 6.07) is 1.72. The van der Waals surface area contributed by atoms with Crippen molar-refractivity contribution in [1.82, 2.24) is 4.90 Å². The minimum absolute atomic E-state index is 0.0198. The predicted octanol–water partition coefficient (Wildman–Crippen LogP) is 3.48. The maximum atomic E-state index is 13.7. The van der Waals surface area contributed by atoms with Crippen molar-refractivity contribution in [2.75, 3.05) is 0 Å². The molecule has 2 atom stereocenters. The number of carbonyl (C=O) groups excluding carboxylic acids is 1. The maximum Gasteiger partial charge on any atom is 0.257 e. The molecule has 1 aromatic carbocycles. The van der Waals surface area contributed by atoms with Gasteiger partial charge in [0.2, 0.25) is 0 Å². The third-order valence-corrected chi connectivity index (χ3v) is 4.53. The van der Waals surface area contributed by atoms with Crippen LogP contribution in [0.1, 0.15) is 36.0 Å². The van der Waals surface area contributed by atoms with Crippen LogP contribution in [0.4, 0.5) is 13.2 Å². The van der Waals surface area contributed by atoms with Gasteiger partial charge in [0, 0.05) is 17.5 Å². The van der Waals surface area contributed by atoms with Crippen molar-refractivity contribution in [1.29, 1.82) is 0 Å². The van der Waals surface area contributed by atoms with Gasteiger partial charge >= 0.3 is 0 Å². The minimum Gasteiger partial charge on any atom is -0.332 e. The van der Waals surface area contributed by atoms with E-state index >= 15 is 0 Å². The van der Waals surface area contributed by atoms with Gasteiger partial charge in [0.15, 0.2) is 17.5 Å². The van der Waals surface area contributed by atoms with Gasteiger partial charge in [0.1, 0.15) is 0 Å². The van der Waals surface area contributed by atoms with Crippen molar-refractivity contribution in [3.8, 4) is 0 Å². The summed E-state index contributed by atoms with van der Waals surface area (Å²) in [5.74, 6) is -4.88. The van der Waals surface area contributed by atoms with Gasteiger partial charge in [0.05, 0.1) is 5.56 Å². The van der Waals surface area contributed by atoms with Crippen LogP contribution < -0.4 is 0 Å². The molecule has 6 heteroatoms. The van der Waals surface area contributed by atoms with Crippen LogP contribution in [-0.4, -0.2) is 28.3 Å². The molecule has 1 aromatic rings. The highest BCUT2D eigenvalue weighted by molar-refractivity contribution is 6.20. The van der Waals surface area contributed by atoms with Crippen LogP contribution >= 0.6 is 11.6 Å². The molecule has 0 aliphatic carbocycles. The molecule has 0 aromatic heterocycles. The lowest BCUT2D eigenvalue weighted by molar-refractivity contribution is 0.0593. The molecule has 0 saturated carbocycles. The number of amides is 1. The normalized spacial score (nSPS) is 28.8. The number of nitrogens with zero attached hydrogens (tertiary/aromatic N) is 1. The smallest absolute Gasteiger partial charge is 0.257 e. The summed E-state index contributed by atoms with van der Waals surface area (Å²) in [5.41, 5.74) is -0.408. The SMILES string of the molecule is O=C(c1ccc(F)c(F)c1F)N1C2CCC1CC(Cl)C2. The van der Waals surface area contributed by atoms with E-state index in [0.29, 0.717) is 12.8 Å². The van der Waals surface area contributed by atoms with Crippen molar-refractivity contribution in [3.63, 3.8) is 0 Å². The lowest BCUT2D eigenvalue weighted by Gasteiger charge is -2.37. The van der Waals surface area contributed by atoms with Gasteiger partial charge in [-0.15, -0.1) is 11.6 Å². The molecule has 2 unspecified atom stereocenters. The van der Waals surface area contributed by atoms with Gasteiger partial charge in [0.25, 0.3) is 5.91 Å². The Morgan fingerprint density at radius 3 is 2.30 bits per heavy atom. The topological polar surface area (TPSA) is 20.3 Å². The summed E-state index contributed by atoms with van der Waals surface area (Å²) in [4.78, 5) is 14.0. The summed E-state index contributed by atoms with van der Waals surface area (Å²) in [7, 11) is 0. The fraction of sp³-hybridized carbons (Fsp3) is 0.500. The Hall–Kier alpha value is -1.23. The average Bonchev–Trinajstić information content (AvgIpc) is 2.68. The Morgan fingerprint density at radius 2 is 1.70 bits per heavy atom. The third-order valence-electron chi connectivity index (χ3n) is 4.18. The first-order valence-corrected chi connectivity index (χ1v) is 7.03. The van der Waals surface area contributed by atoms with Crippen LogP contribution in [0.5, 0.6) is 0 Å². The monoisotopic (exact) mass is 303 g/mol. The molecule has 2 aliphatic rings. The van der Waals surface area contributed by atoms with Crippen LogP contribution in [0.15, 0.2) is 12.1 Å². The molecular weight excluding hydrogens is 291 g/mol. The molecule has 0 spiro atoms. The van der Waals surface area contributed by atoms with Gasteiger partial charge in [-0.3, -0.25) is 4.79 Å². The quantitative estimate of drug-likeness (QED) is 0.574. The van der Waals surface area contributed by atoms with Crippen LogP contribution in [0, 0.1) is 17.5 Å². The fourth-order valence-electron chi connectivity index (χ4n) is 3.27. The van der Waals surface area contributed by atoms with E-state index in [2.05, 4.69) is 0 Å². The van der Waals surface area contributed by atoms with Crippen LogP contribution in [0.3, 0.4) is 0 Å². The van der Waals surface area contributed by atoms with Gasteiger partial charge in [-0.1, -0.05) is 0 Å². The average molecular weight is 304 g/mol. The van der Waals surface area contributed by atoms with Crippen LogP contribution in [-0.2, 0) is 0 Å². The van der Waals surface area contributed by atoms with E-state index in [1.807, 2.05) is 0 Å². The number of alkyl halides is 1. The molecule has 2 heterocycles. The van der Waals surface area contributed by atoms with Crippen molar-refractivity contribution >= 4 is 17.5 Å². The highest BCUT2D eigenvalue weighted by Crippen LogP contribution is 2.39. The Morgan fingerprint density at radius 1 is 1.10 bits per heavy atom. The minimum atomic E-state index is -1.60. The Balaban J connectivity index is 1.92. The highest BCUT2D eigenvalue weighted by atomic mass is 35.5. The van der Waals surface area contributed by atoms with Gasteiger partial charge in [-0.05, 0) is 37.8 Å². The predicted molar refractivity (Wildman–Crippen MR) is 68.2 cm³/mol. The van der Waals surface area contributed by atoms with Crippen molar-refractivity contribution in [2.45, 2.75) is 43.1 Å². The molecule has 2 bridgehead atoms. The van der Waals surface area contributed by atoms with Crippen molar-refractivity contribution < 1.29 is 18.0 Å². The van der Waals surface area contributed by atoms with Gasteiger partial charge < -0.3 is 4.90 Å². The summed E-state index contributed by atoms with van der Waals surface area (Å²) in [6.07, 6.45) is 2.97. The summed E-state index contributed by atoms with van der Waals surface area (Å²) >= 11 is 6.12. The number of hydrogen-bond acceptors (Lipinski definition) is 1. The summed E-state index contributed by atoms with van der Waals surface area (Å²) in [6.45, 7) is 0. The molecule has 0 radical (unpaired) electrons. The highest BCUT2D eigenvalue weighted by Gasteiger charge is 2.43. The molecule has 3 rings (SSSR count). The van der Waals surface area contributed by atoms with Crippen molar-refractivity contribution in [3.05, 3.63) is 35.1 Å². The zero-order chi connectivity index (χ0) is 14.4. The number of halogens is 4. The van der Waals surface area contributed by atoms with Gasteiger partial charge in [-0.25, -0.2) is 13.2 Å². The van der Waals surface area contributed by atoms with Crippen LogP contribution in [0.2, 0.25) is 0 Å². The second-order valence-electron chi connectivity index (χ2n) is 5.39. The molecule has 0 N–H and O–H groups in total. The van der Waals surface area contributed by atoms with Crippen LogP contribution in [0.25, 0.3) is 0 Å². The standard InChI is InChI=1S/C14H13ClF3NO/c15-7-5-8-1-2-9(6-7)19(8)14(20)10-3-4-11(16)13(18)12(10)17/h3-4,7-9H,1-2,5-6H2. The van der Waals surface area contributed by atoms with E-state index in [-0.39, 0.29) is 17.5 Å². The second kappa shape index (κ2) is 4.95. The molecule has 20 heavy (non-hydrogen) atoms. The zero-order valence-electron chi connectivity index (χ0n) is 10.6. The largest absolute Gasteiger partial charge is 0.332 e. The number of carbonyl (C=O) groups is 1. The Bertz CT molecular complexity index is 552. The number of rotatable bonds is 1.